The summed E-state index contributed by atoms with van der Waals surface area (Å²) in [4.78, 5) is 12.3. The maximum absolute atomic E-state index is 13.6. The van der Waals surface area contributed by atoms with Crippen LogP contribution in [0.15, 0.2) is 0 Å². The third kappa shape index (κ3) is 3.94. The molecule has 1 unspecified atom stereocenters. The number of nitrogens with two attached hydrogens (primary N) is 1. The van der Waals surface area contributed by atoms with Crippen molar-refractivity contribution in [2.75, 3.05) is 19.8 Å². The highest BCUT2D eigenvalue weighted by molar-refractivity contribution is 5.69. The van der Waals surface area contributed by atoms with Crippen LogP contribution in [0.5, 0.6) is 0 Å². The van der Waals surface area contributed by atoms with Crippen molar-refractivity contribution in [3.63, 3.8) is 0 Å². The monoisotopic (exact) mass is 334 g/mol. The van der Waals surface area contributed by atoms with Crippen LogP contribution >= 0.6 is 0 Å². The highest BCUT2D eigenvalue weighted by Gasteiger charge is 2.57. The lowest BCUT2D eigenvalue weighted by atomic mass is 9.60. The van der Waals surface area contributed by atoms with Gasteiger partial charge in [-0.15, -0.1) is 0 Å². The Morgan fingerprint density at radius 2 is 1.83 bits per heavy atom. The zero-order valence-corrected chi connectivity index (χ0v) is 14.2. The second-order valence-corrected chi connectivity index (χ2v) is 7.85. The summed E-state index contributed by atoms with van der Waals surface area (Å²) in [5, 5.41) is 2.93. The Morgan fingerprint density at radius 3 is 2.26 bits per heavy atom. The molecule has 1 saturated carbocycles. The molecule has 0 aromatic heterocycles. The number of alkyl carbamates (subject to hydrolysis) is 1. The summed E-state index contributed by atoms with van der Waals surface area (Å²) in [6.45, 7) is 6.35. The molecular formula is C16H28F2N2O3. The molecule has 1 heterocycles. The van der Waals surface area contributed by atoms with Gasteiger partial charge in [-0.05, 0) is 40.0 Å². The average Bonchev–Trinajstić information content (AvgIpc) is 2.87. The van der Waals surface area contributed by atoms with Crippen molar-refractivity contribution < 1.29 is 23.0 Å². The molecule has 0 spiro atoms. The molecular weight excluding hydrogens is 306 g/mol. The van der Waals surface area contributed by atoms with Crippen LogP contribution in [-0.2, 0) is 9.47 Å². The van der Waals surface area contributed by atoms with Crippen LogP contribution in [0.4, 0.5) is 13.6 Å². The van der Waals surface area contributed by atoms with Gasteiger partial charge in [-0.1, -0.05) is 0 Å². The van der Waals surface area contributed by atoms with Gasteiger partial charge in [-0.25, -0.2) is 13.6 Å². The number of halogens is 2. The second-order valence-electron chi connectivity index (χ2n) is 7.85. The molecule has 5 nitrogen and oxygen atoms in total. The van der Waals surface area contributed by atoms with Crippen LogP contribution in [0.25, 0.3) is 0 Å². The van der Waals surface area contributed by atoms with E-state index in [2.05, 4.69) is 5.32 Å². The lowest BCUT2D eigenvalue weighted by Gasteiger charge is -2.51. The average molecular weight is 334 g/mol. The number of rotatable bonds is 3. The van der Waals surface area contributed by atoms with Gasteiger partial charge in [0, 0.05) is 31.4 Å². The minimum atomic E-state index is -2.65. The first-order chi connectivity index (χ1) is 10.5. The molecule has 2 aliphatic rings. The van der Waals surface area contributed by atoms with E-state index in [1.807, 2.05) is 0 Å². The Labute approximate surface area is 136 Å². The third-order valence-electron chi connectivity index (χ3n) is 5.11. The fourth-order valence-electron chi connectivity index (χ4n) is 3.69. The fraction of sp³-hybridized carbons (Fsp3) is 0.938. The molecule has 0 aromatic carbocycles. The summed E-state index contributed by atoms with van der Waals surface area (Å²) < 4.78 is 38.1. The first kappa shape index (κ1) is 18.4. The number of amides is 1. The maximum atomic E-state index is 13.6. The number of hydrogen-bond donors (Lipinski definition) is 2. The molecule has 2 fully saturated rings. The van der Waals surface area contributed by atoms with Crippen LogP contribution in [0.3, 0.4) is 0 Å². The van der Waals surface area contributed by atoms with Crippen LogP contribution in [0, 0.1) is 5.41 Å². The summed E-state index contributed by atoms with van der Waals surface area (Å²) >= 11 is 0. The van der Waals surface area contributed by atoms with Gasteiger partial charge >= 0.3 is 6.09 Å². The molecule has 0 radical (unpaired) electrons. The first-order valence-corrected chi connectivity index (χ1v) is 8.20. The number of alkyl halides is 2. The SMILES string of the molecule is CC(C)(C)OC(=O)NC1(C2(CN)CCC(F)(F)CC2)CCOC1. The number of hydrogen-bond acceptors (Lipinski definition) is 4. The largest absolute Gasteiger partial charge is 0.444 e. The zero-order valence-electron chi connectivity index (χ0n) is 14.2. The van der Waals surface area contributed by atoms with Gasteiger partial charge < -0.3 is 20.5 Å². The predicted molar refractivity (Wildman–Crippen MR) is 82.4 cm³/mol. The van der Waals surface area contributed by atoms with Crippen molar-refractivity contribution in [2.45, 2.75) is 69.9 Å². The van der Waals surface area contributed by atoms with E-state index in [1.165, 1.54) is 0 Å². The van der Waals surface area contributed by atoms with Crippen LogP contribution in [0.1, 0.15) is 52.9 Å². The van der Waals surface area contributed by atoms with Crippen LogP contribution in [-0.4, -0.2) is 42.9 Å². The minimum absolute atomic E-state index is 0.206. The van der Waals surface area contributed by atoms with Crippen molar-refractivity contribution >= 4 is 6.09 Å². The molecule has 1 aliphatic heterocycles. The van der Waals surface area contributed by atoms with E-state index in [0.29, 0.717) is 13.0 Å². The number of ether oxygens (including phenoxy) is 2. The molecule has 3 N–H and O–H groups in total. The molecule has 1 saturated heterocycles. The van der Waals surface area contributed by atoms with Gasteiger partial charge in [0.25, 0.3) is 0 Å². The molecule has 0 bridgehead atoms. The van der Waals surface area contributed by atoms with E-state index in [4.69, 9.17) is 15.2 Å². The van der Waals surface area contributed by atoms with Crippen molar-refractivity contribution in [1.29, 1.82) is 0 Å². The molecule has 7 heteroatoms. The minimum Gasteiger partial charge on any atom is -0.444 e. The summed E-state index contributed by atoms with van der Waals surface area (Å²) in [5.74, 6) is -2.65. The Morgan fingerprint density at radius 1 is 1.22 bits per heavy atom. The van der Waals surface area contributed by atoms with Gasteiger partial charge in [0.1, 0.15) is 5.60 Å². The van der Waals surface area contributed by atoms with Crippen molar-refractivity contribution in [2.24, 2.45) is 11.1 Å². The molecule has 0 aromatic rings. The highest BCUT2D eigenvalue weighted by atomic mass is 19.3. The fourth-order valence-corrected chi connectivity index (χ4v) is 3.69. The quantitative estimate of drug-likeness (QED) is 0.832. The first-order valence-electron chi connectivity index (χ1n) is 8.20. The number of carbonyl (C=O) groups excluding carboxylic acids is 1. The Kier molecular flexibility index (Phi) is 4.93. The second kappa shape index (κ2) is 6.16. The topological polar surface area (TPSA) is 73.6 Å². The summed E-state index contributed by atoms with van der Waals surface area (Å²) in [7, 11) is 0. The van der Waals surface area contributed by atoms with E-state index < -0.39 is 28.6 Å². The van der Waals surface area contributed by atoms with E-state index in [0.717, 1.165) is 0 Å². The van der Waals surface area contributed by atoms with Gasteiger partial charge in [0.15, 0.2) is 0 Å². The van der Waals surface area contributed by atoms with Crippen LogP contribution < -0.4 is 11.1 Å². The molecule has 1 amide bonds. The van der Waals surface area contributed by atoms with E-state index in [9.17, 15) is 13.6 Å². The molecule has 23 heavy (non-hydrogen) atoms. The Hall–Kier alpha value is -0.950. The smallest absolute Gasteiger partial charge is 0.408 e. The molecule has 134 valence electrons. The number of carbonyl (C=O) groups is 1. The van der Waals surface area contributed by atoms with Gasteiger partial charge in [0.2, 0.25) is 5.92 Å². The van der Waals surface area contributed by atoms with E-state index in [-0.39, 0.29) is 38.8 Å². The standard InChI is InChI=1S/C16H28F2N2O3/c1-13(2,3)23-12(21)20-15(8-9-22-11-15)14(10-19)4-6-16(17,18)7-5-14/h4-11,19H2,1-3H3,(H,20,21). The van der Waals surface area contributed by atoms with E-state index >= 15 is 0 Å². The predicted octanol–water partition coefficient (Wildman–Crippen LogP) is 2.82. The van der Waals surface area contributed by atoms with E-state index in [1.54, 1.807) is 20.8 Å². The summed E-state index contributed by atoms with van der Waals surface area (Å²) in [5.41, 5.74) is 4.06. The maximum Gasteiger partial charge on any atom is 0.408 e. The zero-order chi connectivity index (χ0) is 17.4. The third-order valence-corrected chi connectivity index (χ3v) is 5.11. The summed E-state index contributed by atoms with van der Waals surface area (Å²) in [6.07, 6.45) is 0.151. The molecule has 1 aliphatic carbocycles. The van der Waals surface area contributed by atoms with Gasteiger partial charge in [-0.3, -0.25) is 0 Å². The van der Waals surface area contributed by atoms with Gasteiger partial charge in [-0.2, -0.15) is 0 Å². The number of nitrogens with one attached hydrogen (secondary N) is 1. The van der Waals surface area contributed by atoms with Crippen molar-refractivity contribution in [1.82, 2.24) is 5.32 Å². The Balaban J connectivity index is 2.20. The van der Waals surface area contributed by atoms with Crippen LogP contribution in [0.2, 0.25) is 0 Å². The Bertz CT molecular complexity index is 433. The van der Waals surface area contributed by atoms with Gasteiger partial charge in [0.05, 0.1) is 12.1 Å². The molecule has 2 rings (SSSR count). The normalized spacial score (nSPS) is 30.0. The highest BCUT2D eigenvalue weighted by Crippen LogP contribution is 2.51. The van der Waals surface area contributed by atoms with Crippen molar-refractivity contribution in [3.05, 3.63) is 0 Å². The lowest BCUT2D eigenvalue weighted by Crippen LogP contribution is -2.65. The molecule has 1 atom stereocenters. The lowest BCUT2D eigenvalue weighted by molar-refractivity contribution is -0.0899. The summed E-state index contributed by atoms with van der Waals surface area (Å²) in [6, 6.07) is 0. The van der Waals surface area contributed by atoms with Crippen molar-refractivity contribution in [3.8, 4) is 0 Å².